The second-order valence-corrected chi connectivity index (χ2v) is 15.4. The lowest BCUT2D eigenvalue weighted by atomic mass is 9.79. The van der Waals surface area contributed by atoms with Crippen LogP contribution in [0.25, 0.3) is 66.4 Å². The predicted molar refractivity (Wildman–Crippen MR) is 238 cm³/mol. The Labute approximate surface area is 329 Å². The van der Waals surface area contributed by atoms with Crippen LogP contribution in [0.15, 0.2) is 212 Å². The number of benzene rings is 9. The van der Waals surface area contributed by atoms with E-state index in [0.717, 1.165) is 17.1 Å². The Bertz CT molecular complexity index is 2860. The minimum atomic E-state index is -0.0690. The Balaban J connectivity index is 0.954. The van der Waals surface area contributed by atoms with Crippen LogP contribution in [0.5, 0.6) is 0 Å². The molecule has 0 aliphatic heterocycles. The normalized spacial score (nSPS) is 12.6. The zero-order chi connectivity index (χ0) is 37.6. The van der Waals surface area contributed by atoms with Crippen molar-refractivity contribution >= 4 is 27.8 Å². The third-order valence-corrected chi connectivity index (χ3v) is 11.6. The van der Waals surface area contributed by atoms with Gasteiger partial charge < -0.3 is 4.90 Å². The number of rotatable bonds is 7. The Morgan fingerprint density at radius 1 is 0.304 bits per heavy atom. The van der Waals surface area contributed by atoms with Gasteiger partial charge in [0.05, 0.1) is 0 Å². The van der Waals surface area contributed by atoms with Crippen LogP contribution in [0.4, 0.5) is 17.1 Å². The van der Waals surface area contributed by atoms with Crippen LogP contribution in [0.1, 0.15) is 25.0 Å². The lowest BCUT2D eigenvalue weighted by Crippen LogP contribution is -2.16. The number of anilines is 3. The molecular weight excluding hydrogens is 675 g/mol. The summed E-state index contributed by atoms with van der Waals surface area (Å²) in [5.41, 5.74) is 18.6. The van der Waals surface area contributed by atoms with Crippen molar-refractivity contribution in [1.29, 1.82) is 0 Å². The van der Waals surface area contributed by atoms with Gasteiger partial charge in [0, 0.05) is 22.5 Å². The van der Waals surface area contributed by atoms with Gasteiger partial charge in [-0.1, -0.05) is 172 Å². The maximum absolute atomic E-state index is 2.36. The van der Waals surface area contributed by atoms with Gasteiger partial charge in [-0.05, 0) is 132 Å². The van der Waals surface area contributed by atoms with E-state index in [4.69, 9.17) is 0 Å². The molecule has 0 atom stereocenters. The summed E-state index contributed by atoms with van der Waals surface area (Å²) in [6.07, 6.45) is 0. The van der Waals surface area contributed by atoms with Gasteiger partial charge in [0.25, 0.3) is 0 Å². The van der Waals surface area contributed by atoms with E-state index in [1.807, 2.05) is 0 Å². The van der Waals surface area contributed by atoms with Gasteiger partial charge in [-0.15, -0.1) is 0 Å². The predicted octanol–water partition coefficient (Wildman–Crippen LogP) is 15.3. The van der Waals surface area contributed by atoms with Gasteiger partial charge in [0.2, 0.25) is 0 Å². The van der Waals surface area contributed by atoms with Crippen LogP contribution in [0.3, 0.4) is 0 Å². The number of nitrogens with zero attached hydrogens (tertiary/aromatic N) is 1. The third-order valence-electron chi connectivity index (χ3n) is 11.6. The zero-order valence-electron chi connectivity index (χ0n) is 31.7. The van der Waals surface area contributed by atoms with E-state index in [0.29, 0.717) is 0 Å². The largest absolute Gasteiger partial charge is 0.311 e. The Hall–Kier alpha value is -6.96. The molecule has 1 aliphatic carbocycles. The first-order chi connectivity index (χ1) is 27.5. The third kappa shape index (κ3) is 5.90. The van der Waals surface area contributed by atoms with E-state index in [-0.39, 0.29) is 5.41 Å². The molecule has 9 aromatic rings. The minimum absolute atomic E-state index is 0.0690. The summed E-state index contributed by atoms with van der Waals surface area (Å²) in [4.78, 5) is 2.34. The Kier molecular flexibility index (Phi) is 8.23. The number of hydrogen-bond donors (Lipinski definition) is 0. The maximum atomic E-state index is 2.36. The smallest absolute Gasteiger partial charge is 0.0462 e. The number of para-hydroxylation sites is 1. The molecule has 56 heavy (non-hydrogen) atoms. The van der Waals surface area contributed by atoms with E-state index >= 15 is 0 Å². The molecule has 0 saturated carbocycles. The van der Waals surface area contributed by atoms with Gasteiger partial charge >= 0.3 is 0 Å². The van der Waals surface area contributed by atoms with Gasteiger partial charge in [0.1, 0.15) is 0 Å². The first-order valence-electron chi connectivity index (χ1n) is 19.5. The van der Waals surface area contributed by atoms with Gasteiger partial charge in [-0.3, -0.25) is 0 Å². The summed E-state index contributed by atoms with van der Waals surface area (Å²) in [5.74, 6) is 0. The van der Waals surface area contributed by atoms with Crippen molar-refractivity contribution < 1.29 is 0 Å². The van der Waals surface area contributed by atoms with Crippen molar-refractivity contribution in [3.05, 3.63) is 223 Å². The number of fused-ring (bicyclic) bond motifs is 4. The molecule has 0 heterocycles. The van der Waals surface area contributed by atoms with E-state index in [2.05, 4.69) is 231 Å². The highest BCUT2D eigenvalue weighted by Gasteiger charge is 2.37. The van der Waals surface area contributed by atoms with Crippen LogP contribution in [-0.4, -0.2) is 0 Å². The van der Waals surface area contributed by atoms with Crippen LogP contribution >= 0.6 is 0 Å². The van der Waals surface area contributed by atoms with Crippen molar-refractivity contribution in [2.24, 2.45) is 0 Å². The molecule has 9 aromatic carbocycles. The van der Waals surface area contributed by atoms with Gasteiger partial charge in [-0.2, -0.15) is 0 Å². The van der Waals surface area contributed by atoms with Crippen LogP contribution in [0, 0.1) is 0 Å². The molecule has 0 bridgehead atoms. The molecule has 0 unspecified atom stereocenters. The average molecular weight is 716 g/mol. The highest BCUT2D eigenvalue weighted by molar-refractivity contribution is 5.90. The average Bonchev–Trinajstić information content (AvgIpc) is 3.50. The highest BCUT2D eigenvalue weighted by atomic mass is 15.1. The van der Waals surface area contributed by atoms with Gasteiger partial charge in [0.15, 0.2) is 0 Å². The summed E-state index contributed by atoms with van der Waals surface area (Å²) in [5, 5.41) is 2.52. The summed E-state index contributed by atoms with van der Waals surface area (Å²) < 4.78 is 0. The molecule has 0 spiro atoms. The maximum Gasteiger partial charge on any atom is 0.0462 e. The summed E-state index contributed by atoms with van der Waals surface area (Å²) >= 11 is 0. The second kappa shape index (κ2) is 13.7. The van der Waals surface area contributed by atoms with Gasteiger partial charge in [-0.25, -0.2) is 0 Å². The van der Waals surface area contributed by atoms with Crippen LogP contribution < -0.4 is 4.90 Å². The summed E-state index contributed by atoms with van der Waals surface area (Å²) in [7, 11) is 0. The fourth-order valence-corrected chi connectivity index (χ4v) is 8.83. The summed E-state index contributed by atoms with van der Waals surface area (Å²) in [6.45, 7) is 4.72. The molecule has 1 aliphatic rings. The van der Waals surface area contributed by atoms with Crippen molar-refractivity contribution in [3.8, 4) is 55.6 Å². The molecule has 0 amide bonds. The monoisotopic (exact) mass is 715 g/mol. The van der Waals surface area contributed by atoms with Crippen molar-refractivity contribution in [1.82, 2.24) is 0 Å². The fourth-order valence-electron chi connectivity index (χ4n) is 8.83. The second-order valence-electron chi connectivity index (χ2n) is 15.4. The molecule has 0 saturated heterocycles. The molecule has 1 heteroatoms. The molecule has 0 radical (unpaired) electrons. The van der Waals surface area contributed by atoms with E-state index in [1.54, 1.807) is 0 Å². The topological polar surface area (TPSA) is 3.24 Å². The fraction of sp³-hybridized carbons (Fsp3) is 0.0545. The number of hydrogen-bond acceptors (Lipinski definition) is 1. The Morgan fingerprint density at radius 3 is 1.45 bits per heavy atom. The van der Waals surface area contributed by atoms with Crippen LogP contribution in [0.2, 0.25) is 0 Å². The van der Waals surface area contributed by atoms with Crippen molar-refractivity contribution in [2.45, 2.75) is 19.3 Å². The first kappa shape index (κ1) is 33.6. The molecule has 266 valence electrons. The SMILES string of the molecule is CC1(C)c2ccccc2-c2cccc(-c3ccc(N(c4ccccc4)c4ccc(-c5cccc(-c6cccc(-c7ccc8ccccc8c7)c6)c5)cc4)cc3)c21. The zero-order valence-corrected chi connectivity index (χ0v) is 31.7. The molecule has 0 aromatic heterocycles. The van der Waals surface area contributed by atoms with E-state index in [9.17, 15) is 0 Å². The molecular formula is C55H41N. The molecule has 0 N–H and O–H groups in total. The first-order valence-corrected chi connectivity index (χ1v) is 19.5. The Morgan fingerprint density at radius 2 is 0.768 bits per heavy atom. The minimum Gasteiger partial charge on any atom is -0.311 e. The highest BCUT2D eigenvalue weighted by Crippen LogP contribution is 2.52. The lowest BCUT2D eigenvalue weighted by molar-refractivity contribution is 0.662. The lowest BCUT2D eigenvalue weighted by Gasteiger charge is -2.27. The van der Waals surface area contributed by atoms with Crippen LogP contribution in [-0.2, 0) is 5.41 Å². The van der Waals surface area contributed by atoms with E-state index < -0.39 is 0 Å². The molecule has 1 nitrogen and oxygen atoms in total. The summed E-state index contributed by atoms with van der Waals surface area (Å²) in [6, 6.07) is 77.4. The van der Waals surface area contributed by atoms with E-state index in [1.165, 1.54) is 77.5 Å². The standard InChI is InChI=1S/C55H41N/c1-55(2)53-24-9-8-21-51(53)52-23-12-22-50(54(52)55)40-29-33-49(34-30-40)56(47-19-4-3-5-20-47)48-31-27-39(28-32-48)42-15-10-16-43(35-42)44-17-11-18-45(37-44)46-26-25-38-13-6-7-14-41(38)36-46/h3-37H,1-2H3. The van der Waals surface area contributed by atoms with Crippen molar-refractivity contribution in [2.75, 3.05) is 4.90 Å². The quantitative estimate of drug-likeness (QED) is 0.159. The molecule has 10 rings (SSSR count). The molecule has 0 fully saturated rings. The van der Waals surface area contributed by atoms with Crippen molar-refractivity contribution in [3.63, 3.8) is 0 Å².